The zero-order valence-corrected chi connectivity index (χ0v) is 6.88. The third-order valence-corrected chi connectivity index (χ3v) is 1.29. The molecule has 0 radical (unpaired) electrons. The molecule has 0 saturated carbocycles. The lowest BCUT2D eigenvalue weighted by Gasteiger charge is -1.92. The Morgan fingerprint density at radius 2 is 2.17 bits per heavy atom. The highest BCUT2D eigenvalue weighted by Crippen LogP contribution is 1.99. The number of carboxylic acids is 1. The summed E-state index contributed by atoms with van der Waals surface area (Å²) in [7, 11) is 0. The molecule has 0 amide bonds. The van der Waals surface area contributed by atoms with Gasteiger partial charge >= 0.3 is 5.97 Å². The van der Waals surface area contributed by atoms with Gasteiger partial charge in [0.25, 0.3) is 0 Å². The molecule has 0 aromatic carbocycles. The number of carbonyl (C=O) groups is 1. The molecule has 0 bridgehead atoms. The molecule has 0 aromatic rings. The Bertz CT molecular complexity index is 239. The van der Waals surface area contributed by atoms with Crippen LogP contribution in [0.3, 0.4) is 0 Å². The summed E-state index contributed by atoms with van der Waals surface area (Å²) in [5.74, 6) is -1.23. The van der Waals surface area contributed by atoms with Crippen LogP contribution >= 0.6 is 0 Å². The second-order valence-corrected chi connectivity index (χ2v) is 2.25. The normalized spacial score (nSPS) is 12.8. The lowest BCUT2D eigenvalue weighted by atomic mass is 10.2. The van der Waals surface area contributed by atoms with Gasteiger partial charge in [-0.3, -0.25) is 0 Å². The van der Waals surface area contributed by atoms with Gasteiger partial charge in [-0.1, -0.05) is 24.3 Å². The molecule has 0 aliphatic rings. The Kier molecular flexibility index (Phi) is 4.69. The zero-order valence-electron chi connectivity index (χ0n) is 6.88. The summed E-state index contributed by atoms with van der Waals surface area (Å²) < 4.78 is 12.0. The van der Waals surface area contributed by atoms with Gasteiger partial charge in [-0.15, -0.1) is 0 Å². The van der Waals surface area contributed by atoms with Gasteiger partial charge in [-0.05, 0) is 13.0 Å². The first-order chi connectivity index (χ1) is 5.61. The fraction of sp³-hybridized carbons (Fsp3) is 0.222. The number of alkyl halides is 1. The Labute approximate surface area is 70.7 Å². The number of carboxylic acid groups (broad SMARTS) is 1. The maximum Gasteiger partial charge on any atom is 0.334 e. The highest BCUT2D eigenvalue weighted by Gasteiger charge is 2.03. The average Bonchev–Trinajstić information content (AvgIpc) is 2.04. The third kappa shape index (κ3) is 3.71. The third-order valence-electron chi connectivity index (χ3n) is 1.29. The van der Waals surface area contributed by atoms with Crippen molar-refractivity contribution in [3.05, 3.63) is 36.0 Å². The van der Waals surface area contributed by atoms with E-state index in [-0.39, 0.29) is 5.57 Å². The molecule has 0 atom stereocenters. The number of allylic oxidation sites excluding steroid dienone is 4. The Balaban J connectivity index is 4.51. The second-order valence-electron chi connectivity index (χ2n) is 2.25. The first-order valence-corrected chi connectivity index (χ1v) is 3.41. The van der Waals surface area contributed by atoms with E-state index < -0.39 is 12.6 Å². The van der Waals surface area contributed by atoms with Gasteiger partial charge in [0.2, 0.25) is 0 Å². The molecule has 1 N–H and O–H groups in total. The molecular formula is C9H11FO2. The standard InChI is InChI=1S/C9H11FO2/c1-3-7(2)4-5-8(6-10)9(11)12/h3-5H,1,6H2,2H3,(H,11,12). The van der Waals surface area contributed by atoms with E-state index in [0.717, 1.165) is 5.57 Å². The van der Waals surface area contributed by atoms with Gasteiger partial charge in [-0.25, -0.2) is 9.18 Å². The molecule has 0 heterocycles. The molecule has 0 aliphatic heterocycles. The Hall–Kier alpha value is -1.38. The first-order valence-electron chi connectivity index (χ1n) is 3.41. The van der Waals surface area contributed by atoms with Crippen LogP contribution in [-0.2, 0) is 4.79 Å². The topological polar surface area (TPSA) is 37.3 Å². The number of halogens is 1. The summed E-state index contributed by atoms with van der Waals surface area (Å²) in [5.41, 5.74) is 0.540. The minimum absolute atomic E-state index is 0.254. The van der Waals surface area contributed by atoms with Crippen molar-refractivity contribution in [1.29, 1.82) is 0 Å². The van der Waals surface area contributed by atoms with Gasteiger partial charge in [0.1, 0.15) is 6.67 Å². The summed E-state index contributed by atoms with van der Waals surface area (Å²) in [6.45, 7) is 4.26. The predicted octanol–water partition coefficient (Wildman–Crippen LogP) is 2.10. The van der Waals surface area contributed by atoms with Crippen molar-refractivity contribution < 1.29 is 14.3 Å². The summed E-state index contributed by atoms with van der Waals surface area (Å²) >= 11 is 0. The fourth-order valence-corrected chi connectivity index (χ4v) is 0.473. The summed E-state index contributed by atoms with van der Waals surface area (Å²) in [5, 5.41) is 8.40. The lowest BCUT2D eigenvalue weighted by molar-refractivity contribution is -0.132. The van der Waals surface area contributed by atoms with Crippen LogP contribution in [0.2, 0.25) is 0 Å². The molecule has 0 saturated heterocycles. The van der Waals surface area contributed by atoms with Crippen molar-refractivity contribution in [1.82, 2.24) is 0 Å². The van der Waals surface area contributed by atoms with Crippen LogP contribution in [0.4, 0.5) is 4.39 Å². The molecule has 12 heavy (non-hydrogen) atoms. The van der Waals surface area contributed by atoms with Crippen LogP contribution in [-0.4, -0.2) is 17.8 Å². The van der Waals surface area contributed by atoms with E-state index in [2.05, 4.69) is 6.58 Å². The minimum Gasteiger partial charge on any atom is -0.478 e. The van der Waals surface area contributed by atoms with E-state index in [9.17, 15) is 9.18 Å². The molecule has 0 fully saturated rings. The van der Waals surface area contributed by atoms with Gasteiger partial charge in [-0.2, -0.15) is 0 Å². The van der Waals surface area contributed by atoms with Crippen molar-refractivity contribution >= 4 is 5.97 Å². The number of aliphatic carboxylic acids is 1. The monoisotopic (exact) mass is 170 g/mol. The van der Waals surface area contributed by atoms with E-state index in [1.54, 1.807) is 13.0 Å². The van der Waals surface area contributed by atoms with Crippen molar-refractivity contribution in [3.63, 3.8) is 0 Å². The highest BCUT2D eigenvalue weighted by molar-refractivity contribution is 5.87. The van der Waals surface area contributed by atoms with E-state index in [1.165, 1.54) is 12.2 Å². The maximum atomic E-state index is 12.0. The van der Waals surface area contributed by atoms with Crippen molar-refractivity contribution in [2.45, 2.75) is 6.92 Å². The minimum atomic E-state index is -1.23. The summed E-state index contributed by atoms with van der Waals surface area (Å²) in [6, 6.07) is 0. The van der Waals surface area contributed by atoms with Crippen LogP contribution in [0, 0.1) is 0 Å². The molecule has 0 rings (SSSR count). The van der Waals surface area contributed by atoms with Crippen LogP contribution in [0.25, 0.3) is 0 Å². The quantitative estimate of drug-likeness (QED) is 0.518. The molecule has 0 spiro atoms. The van der Waals surface area contributed by atoms with E-state index in [0.29, 0.717) is 0 Å². The first kappa shape index (κ1) is 10.6. The number of hydrogen-bond acceptors (Lipinski definition) is 1. The van der Waals surface area contributed by atoms with Crippen molar-refractivity contribution in [2.24, 2.45) is 0 Å². The van der Waals surface area contributed by atoms with Gasteiger partial charge in [0.15, 0.2) is 0 Å². The number of hydrogen-bond donors (Lipinski definition) is 1. The highest BCUT2D eigenvalue weighted by atomic mass is 19.1. The fourth-order valence-electron chi connectivity index (χ4n) is 0.473. The SMILES string of the molecule is C=CC(C)=CC=C(CF)C(=O)O. The maximum absolute atomic E-state index is 12.0. The predicted molar refractivity (Wildman–Crippen MR) is 45.6 cm³/mol. The zero-order chi connectivity index (χ0) is 9.56. The molecule has 2 nitrogen and oxygen atoms in total. The van der Waals surface area contributed by atoms with E-state index >= 15 is 0 Å². The molecule has 0 unspecified atom stereocenters. The summed E-state index contributed by atoms with van der Waals surface area (Å²) in [6.07, 6.45) is 4.31. The Morgan fingerprint density at radius 3 is 2.50 bits per heavy atom. The largest absolute Gasteiger partial charge is 0.478 e. The molecule has 0 aromatic heterocycles. The Morgan fingerprint density at radius 1 is 1.58 bits per heavy atom. The van der Waals surface area contributed by atoms with Crippen LogP contribution in [0.5, 0.6) is 0 Å². The van der Waals surface area contributed by atoms with Crippen LogP contribution in [0.15, 0.2) is 36.0 Å². The van der Waals surface area contributed by atoms with Crippen LogP contribution in [0.1, 0.15) is 6.92 Å². The molecule has 0 aliphatic carbocycles. The molecule has 3 heteroatoms. The molecule has 66 valence electrons. The van der Waals surface area contributed by atoms with Gasteiger partial charge < -0.3 is 5.11 Å². The van der Waals surface area contributed by atoms with Crippen LogP contribution < -0.4 is 0 Å². The average molecular weight is 170 g/mol. The van der Waals surface area contributed by atoms with Crippen molar-refractivity contribution in [3.8, 4) is 0 Å². The van der Waals surface area contributed by atoms with Gasteiger partial charge in [0.05, 0.1) is 5.57 Å². The van der Waals surface area contributed by atoms with Gasteiger partial charge in [0, 0.05) is 0 Å². The van der Waals surface area contributed by atoms with Crippen molar-refractivity contribution in [2.75, 3.05) is 6.67 Å². The lowest BCUT2D eigenvalue weighted by Crippen LogP contribution is -2.01. The summed E-state index contributed by atoms with van der Waals surface area (Å²) in [4.78, 5) is 10.3. The second kappa shape index (κ2) is 5.29. The van der Waals surface area contributed by atoms with E-state index in [4.69, 9.17) is 5.11 Å². The smallest absolute Gasteiger partial charge is 0.334 e. The molecular weight excluding hydrogens is 159 g/mol. The number of rotatable bonds is 4. The van der Waals surface area contributed by atoms with E-state index in [1.807, 2.05) is 0 Å².